The van der Waals surface area contributed by atoms with E-state index in [1.165, 1.54) is 24.3 Å². The maximum Gasteiger partial charge on any atom is 0.239 e. The lowest BCUT2D eigenvalue weighted by atomic mass is 9.98. The van der Waals surface area contributed by atoms with E-state index >= 15 is 0 Å². The summed E-state index contributed by atoms with van der Waals surface area (Å²) in [6, 6.07) is 7.30. The number of fused-ring (bicyclic) bond motifs is 1. The third kappa shape index (κ3) is 5.42. The van der Waals surface area contributed by atoms with Crippen LogP contribution < -0.4 is 10.2 Å². The zero-order chi connectivity index (χ0) is 29.6. The van der Waals surface area contributed by atoms with E-state index in [-0.39, 0.29) is 22.7 Å². The standard InChI is InChI=1S/C26H28O15/c27-7-15-18(33)20(35)24(41-25-21(36)17(32)13(31)8-37-25)26(39-15)40-23-19(34)16-12(30)5-11(29)6-14(16)38-22(23)9-1-3-10(28)4-2-9/h1-6,13,15,17-18,20-21,24-33,35-36H,7-8H2/t13-,15-,17-,18-,20+,21-,24+,25-,26-/m0/s1. The highest BCUT2D eigenvalue weighted by atomic mass is 16.8. The van der Waals surface area contributed by atoms with Crippen LogP contribution in [0.3, 0.4) is 0 Å². The smallest absolute Gasteiger partial charge is 0.239 e. The first kappa shape index (κ1) is 29.0. The molecule has 0 unspecified atom stereocenters. The predicted molar refractivity (Wildman–Crippen MR) is 134 cm³/mol. The number of rotatable bonds is 6. The first-order valence-corrected chi connectivity index (χ1v) is 12.4. The highest BCUT2D eigenvalue weighted by molar-refractivity contribution is 5.88. The Hall–Kier alpha value is -3.51. The summed E-state index contributed by atoms with van der Waals surface area (Å²) in [6.07, 6.45) is -15.1. The zero-order valence-electron chi connectivity index (χ0n) is 21.0. The Labute approximate surface area is 230 Å². The van der Waals surface area contributed by atoms with Crippen molar-refractivity contribution in [3.05, 3.63) is 46.6 Å². The molecule has 3 aromatic rings. The molecule has 2 aliphatic heterocycles. The van der Waals surface area contributed by atoms with Crippen molar-refractivity contribution in [3.63, 3.8) is 0 Å². The van der Waals surface area contributed by atoms with Crippen LogP contribution in [0, 0.1) is 0 Å². The third-order valence-electron chi connectivity index (χ3n) is 6.85. The average Bonchev–Trinajstić information content (AvgIpc) is 2.93. The molecule has 15 heteroatoms. The van der Waals surface area contributed by atoms with Gasteiger partial charge in [0.15, 0.2) is 18.2 Å². The highest BCUT2D eigenvalue weighted by Crippen LogP contribution is 2.38. The Bertz CT molecular complexity index is 1440. The Morgan fingerprint density at radius 1 is 0.854 bits per heavy atom. The molecule has 222 valence electrons. The summed E-state index contributed by atoms with van der Waals surface area (Å²) < 4.78 is 28.1. The van der Waals surface area contributed by atoms with Crippen molar-refractivity contribution in [2.45, 2.75) is 55.3 Å². The second-order valence-corrected chi connectivity index (χ2v) is 9.65. The van der Waals surface area contributed by atoms with E-state index in [1.807, 2.05) is 0 Å². The topological polar surface area (TPSA) is 249 Å². The highest BCUT2D eigenvalue weighted by Gasteiger charge is 2.50. The van der Waals surface area contributed by atoms with Crippen molar-refractivity contribution in [3.8, 4) is 34.3 Å². The first-order chi connectivity index (χ1) is 19.5. The molecular weight excluding hydrogens is 552 g/mol. The second-order valence-electron chi connectivity index (χ2n) is 9.65. The fourth-order valence-electron chi connectivity index (χ4n) is 4.64. The second kappa shape index (κ2) is 11.4. The number of ether oxygens (including phenoxy) is 4. The van der Waals surface area contributed by atoms with E-state index in [9.17, 15) is 50.8 Å². The lowest BCUT2D eigenvalue weighted by Gasteiger charge is -2.44. The molecule has 9 atom stereocenters. The molecule has 0 bridgehead atoms. The molecule has 9 N–H and O–H groups in total. The van der Waals surface area contributed by atoms with Gasteiger partial charge in [-0.15, -0.1) is 0 Å². The molecule has 2 aliphatic rings. The number of aliphatic hydroxyl groups is 6. The van der Waals surface area contributed by atoms with Crippen LogP contribution >= 0.6 is 0 Å². The average molecular weight is 580 g/mol. The van der Waals surface area contributed by atoms with Gasteiger partial charge in [-0.2, -0.15) is 0 Å². The number of hydrogen-bond acceptors (Lipinski definition) is 15. The van der Waals surface area contributed by atoms with Crippen LogP contribution in [0.15, 0.2) is 45.6 Å². The van der Waals surface area contributed by atoms with Crippen molar-refractivity contribution in [1.29, 1.82) is 0 Å². The van der Waals surface area contributed by atoms with Crippen molar-refractivity contribution in [1.82, 2.24) is 0 Å². The molecule has 3 heterocycles. The van der Waals surface area contributed by atoms with Gasteiger partial charge >= 0.3 is 0 Å². The monoisotopic (exact) mass is 580 g/mol. The molecular formula is C26H28O15. The Morgan fingerprint density at radius 2 is 1.56 bits per heavy atom. The maximum absolute atomic E-state index is 13.7. The van der Waals surface area contributed by atoms with E-state index in [0.29, 0.717) is 0 Å². The van der Waals surface area contributed by atoms with Gasteiger partial charge in [0.1, 0.15) is 64.8 Å². The minimum atomic E-state index is -1.86. The molecule has 0 aliphatic carbocycles. The summed E-state index contributed by atoms with van der Waals surface area (Å²) in [6.45, 7) is -1.25. The fraction of sp³-hybridized carbons (Fsp3) is 0.423. The predicted octanol–water partition coefficient (Wildman–Crippen LogP) is -1.78. The molecule has 5 rings (SSSR count). The number of hydrogen-bond donors (Lipinski definition) is 9. The number of aliphatic hydroxyl groups excluding tert-OH is 6. The van der Waals surface area contributed by atoms with Gasteiger partial charge in [-0.25, -0.2) is 0 Å². The van der Waals surface area contributed by atoms with E-state index in [0.717, 1.165) is 12.1 Å². The molecule has 41 heavy (non-hydrogen) atoms. The molecule has 2 saturated heterocycles. The van der Waals surface area contributed by atoms with Crippen molar-refractivity contribution in [2.24, 2.45) is 0 Å². The number of phenolic OH excluding ortho intramolecular Hbond substituents is 3. The van der Waals surface area contributed by atoms with Gasteiger partial charge in [-0.1, -0.05) is 0 Å². The molecule has 2 fully saturated rings. The summed E-state index contributed by atoms with van der Waals surface area (Å²) in [5.74, 6) is -2.02. The minimum absolute atomic E-state index is 0.111. The van der Waals surface area contributed by atoms with Gasteiger partial charge < -0.3 is 69.3 Å². The van der Waals surface area contributed by atoms with Crippen molar-refractivity contribution >= 4 is 11.0 Å². The van der Waals surface area contributed by atoms with Crippen molar-refractivity contribution in [2.75, 3.05) is 13.2 Å². The SMILES string of the molecule is O=c1c(O[C@@H]2O[C@@H](CO)[C@H](O)[C@@H](O)[C@H]2O[C@@H]2OC[C@H](O)[C@H](O)[C@@H]2O)c(-c2ccc(O)cc2)oc2cc(O)cc(O)c12. The van der Waals surface area contributed by atoms with Gasteiger partial charge in [-0.05, 0) is 24.3 Å². The number of aromatic hydroxyl groups is 3. The zero-order valence-corrected chi connectivity index (χ0v) is 21.0. The van der Waals surface area contributed by atoms with Gasteiger partial charge in [0.25, 0.3) is 0 Å². The largest absolute Gasteiger partial charge is 0.508 e. The van der Waals surface area contributed by atoms with Crippen LogP contribution in [-0.2, 0) is 14.2 Å². The first-order valence-electron chi connectivity index (χ1n) is 12.4. The van der Waals surface area contributed by atoms with Crippen LogP contribution in [-0.4, -0.2) is 114 Å². The lowest BCUT2D eigenvalue weighted by molar-refractivity contribution is -0.345. The van der Waals surface area contributed by atoms with Crippen LogP contribution in [0.2, 0.25) is 0 Å². The van der Waals surface area contributed by atoms with Crippen LogP contribution in [0.5, 0.6) is 23.0 Å². The maximum atomic E-state index is 13.7. The molecule has 0 amide bonds. The van der Waals surface area contributed by atoms with E-state index in [1.54, 1.807) is 0 Å². The van der Waals surface area contributed by atoms with E-state index in [2.05, 4.69) is 0 Å². The number of phenols is 3. The quantitative estimate of drug-likeness (QED) is 0.156. The summed E-state index contributed by atoms with van der Waals surface area (Å²) in [4.78, 5) is 13.7. The van der Waals surface area contributed by atoms with Crippen LogP contribution in [0.4, 0.5) is 0 Å². The van der Waals surface area contributed by atoms with E-state index < -0.39 is 96.6 Å². The Kier molecular flexibility index (Phi) is 8.06. The van der Waals surface area contributed by atoms with Gasteiger partial charge in [-0.3, -0.25) is 4.79 Å². The summed E-state index contributed by atoms with van der Waals surface area (Å²) in [5, 5.41) is 90.8. The van der Waals surface area contributed by atoms with Crippen molar-refractivity contribution < 1.29 is 69.3 Å². The van der Waals surface area contributed by atoms with E-state index in [4.69, 9.17) is 23.4 Å². The Morgan fingerprint density at radius 3 is 2.24 bits per heavy atom. The minimum Gasteiger partial charge on any atom is -0.508 e. The summed E-state index contributed by atoms with van der Waals surface area (Å²) in [7, 11) is 0. The molecule has 0 saturated carbocycles. The molecule has 2 aromatic carbocycles. The van der Waals surface area contributed by atoms with Gasteiger partial charge in [0.05, 0.1) is 13.2 Å². The normalized spacial score (nSPS) is 32.2. The molecule has 15 nitrogen and oxygen atoms in total. The molecule has 0 radical (unpaired) electrons. The number of benzene rings is 2. The Balaban J connectivity index is 1.60. The van der Waals surface area contributed by atoms with Gasteiger partial charge in [0, 0.05) is 17.7 Å². The third-order valence-corrected chi connectivity index (χ3v) is 6.85. The van der Waals surface area contributed by atoms with Crippen LogP contribution in [0.1, 0.15) is 0 Å². The van der Waals surface area contributed by atoms with Crippen LogP contribution in [0.25, 0.3) is 22.3 Å². The summed E-state index contributed by atoms with van der Waals surface area (Å²) >= 11 is 0. The summed E-state index contributed by atoms with van der Waals surface area (Å²) in [5.41, 5.74) is -0.992. The van der Waals surface area contributed by atoms with Gasteiger partial charge in [0.2, 0.25) is 17.5 Å². The molecule has 1 aromatic heterocycles. The lowest BCUT2D eigenvalue weighted by Crippen LogP contribution is -2.64. The molecule has 0 spiro atoms. The fourth-order valence-corrected chi connectivity index (χ4v) is 4.64.